The molecular formula is C16H20N4. The van der Waals surface area contributed by atoms with Gasteiger partial charge in [0.1, 0.15) is 5.82 Å². The van der Waals surface area contributed by atoms with Crippen molar-refractivity contribution in [3.8, 4) is 0 Å². The Morgan fingerprint density at radius 3 is 3.05 bits per heavy atom. The number of benzene rings is 1. The minimum Gasteiger partial charge on any atom is -0.365 e. The minimum absolute atomic E-state index is 0.712. The average Bonchev–Trinajstić information content (AvgIpc) is 2.47. The van der Waals surface area contributed by atoms with Gasteiger partial charge < -0.3 is 10.3 Å². The number of nitrogens with zero attached hydrogens (tertiary/aromatic N) is 2. The zero-order valence-corrected chi connectivity index (χ0v) is 11.8. The van der Waals surface area contributed by atoms with Crippen molar-refractivity contribution in [1.82, 2.24) is 4.98 Å². The average molecular weight is 268 g/mol. The Morgan fingerprint density at radius 2 is 2.20 bits per heavy atom. The van der Waals surface area contributed by atoms with E-state index in [0.717, 1.165) is 18.8 Å². The first-order valence-electron chi connectivity index (χ1n) is 7.03. The van der Waals surface area contributed by atoms with Gasteiger partial charge >= 0.3 is 0 Å². The Morgan fingerprint density at radius 1 is 1.30 bits per heavy atom. The van der Waals surface area contributed by atoms with Crippen LogP contribution in [0.5, 0.6) is 0 Å². The Labute approximate surface area is 119 Å². The Balaban J connectivity index is 1.85. The molecule has 104 valence electrons. The summed E-state index contributed by atoms with van der Waals surface area (Å²) < 4.78 is 0. The van der Waals surface area contributed by atoms with E-state index < -0.39 is 0 Å². The summed E-state index contributed by atoms with van der Waals surface area (Å²) in [5.74, 6) is 6.13. The van der Waals surface area contributed by atoms with Crippen LogP contribution in [0.1, 0.15) is 23.2 Å². The summed E-state index contributed by atoms with van der Waals surface area (Å²) >= 11 is 0. The summed E-state index contributed by atoms with van der Waals surface area (Å²) in [5, 5.41) is 0. The lowest BCUT2D eigenvalue weighted by Gasteiger charge is -2.31. The topological polar surface area (TPSA) is 54.2 Å². The quantitative estimate of drug-likeness (QED) is 0.663. The van der Waals surface area contributed by atoms with Crippen molar-refractivity contribution in [2.45, 2.75) is 26.3 Å². The third-order valence-corrected chi connectivity index (χ3v) is 3.76. The first kappa shape index (κ1) is 12.9. The number of nitrogens with two attached hydrogens (primary N) is 1. The molecule has 4 nitrogen and oxygen atoms in total. The van der Waals surface area contributed by atoms with Crippen molar-refractivity contribution in [2.24, 2.45) is 5.84 Å². The molecule has 0 amide bonds. The van der Waals surface area contributed by atoms with Crippen molar-refractivity contribution < 1.29 is 0 Å². The van der Waals surface area contributed by atoms with E-state index in [2.05, 4.69) is 40.4 Å². The highest BCUT2D eigenvalue weighted by Crippen LogP contribution is 2.29. The second kappa shape index (κ2) is 5.51. The number of pyridine rings is 1. The van der Waals surface area contributed by atoms with Gasteiger partial charge in [-0.15, -0.1) is 0 Å². The number of hydrogen-bond acceptors (Lipinski definition) is 4. The molecule has 0 saturated carbocycles. The van der Waals surface area contributed by atoms with Crippen molar-refractivity contribution >= 4 is 11.5 Å². The summed E-state index contributed by atoms with van der Waals surface area (Å²) in [4.78, 5) is 6.90. The molecule has 0 bridgehead atoms. The highest BCUT2D eigenvalue weighted by atomic mass is 15.3. The van der Waals surface area contributed by atoms with Crippen LogP contribution >= 0.6 is 0 Å². The number of aromatic nitrogens is 1. The largest absolute Gasteiger partial charge is 0.365 e. The predicted octanol–water partition coefficient (Wildman–Crippen LogP) is 2.63. The van der Waals surface area contributed by atoms with Crippen molar-refractivity contribution in [2.75, 3.05) is 16.9 Å². The fraction of sp³-hybridized carbons (Fsp3) is 0.312. The molecule has 1 aromatic carbocycles. The monoisotopic (exact) mass is 268 g/mol. The lowest BCUT2D eigenvalue weighted by molar-refractivity contribution is 0.683. The second-order valence-electron chi connectivity index (χ2n) is 5.32. The number of aryl methyl sites for hydroxylation is 2. The number of hydrogen-bond donors (Lipinski definition) is 2. The molecule has 2 aromatic rings. The van der Waals surface area contributed by atoms with E-state index in [4.69, 9.17) is 5.84 Å². The molecule has 1 aromatic heterocycles. The van der Waals surface area contributed by atoms with Crippen LogP contribution in [-0.4, -0.2) is 11.5 Å². The fourth-order valence-electron chi connectivity index (χ4n) is 2.81. The first-order chi connectivity index (χ1) is 9.76. The van der Waals surface area contributed by atoms with E-state index >= 15 is 0 Å². The van der Waals surface area contributed by atoms with E-state index in [9.17, 15) is 0 Å². The molecule has 2 heterocycles. The zero-order valence-electron chi connectivity index (χ0n) is 11.8. The van der Waals surface area contributed by atoms with Gasteiger partial charge in [-0.25, -0.2) is 10.8 Å². The molecule has 0 saturated heterocycles. The Kier molecular flexibility index (Phi) is 3.56. The van der Waals surface area contributed by atoms with Crippen LogP contribution in [-0.2, 0) is 13.0 Å². The molecule has 3 N–H and O–H groups in total. The van der Waals surface area contributed by atoms with Crippen LogP contribution in [0.4, 0.5) is 11.5 Å². The number of anilines is 2. The van der Waals surface area contributed by atoms with Gasteiger partial charge in [-0.1, -0.05) is 23.8 Å². The normalized spacial score (nSPS) is 14.0. The Hall–Kier alpha value is -2.07. The maximum Gasteiger partial charge on any atom is 0.140 e. The number of rotatable bonds is 3. The van der Waals surface area contributed by atoms with Gasteiger partial charge in [0.2, 0.25) is 0 Å². The minimum atomic E-state index is 0.712. The van der Waals surface area contributed by atoms with E-state index in [1.165, 1.54) is 29.7 Å². The Bertz CT molecular complexity index is 609. The van der Waals surface area contributed by atoms with Crippen molar-refractivity contribution in [3.05, 3.63) is 53.2 Å². The third-order valence-electron chi connectivity index (χ3n) is 3.76. The molecule has 0 spiro atoms. The highest BCUT2D eigenvalue weighted by molar-refractivity contribution is 5.57. The molecule has 0 atom stereocenters. The van der Waals surface area contributed by atoms with E-state index in [1.807, 2.05) is 18.2 Å². The van der Waals surface area contributed by atoms with Gasteiger partial charge in [-0.3, -0.25) is 0 Å². The fourth-order valence-corrected chi connectivity index (χ4v) is 2.81. The molecule has 20 heavy (non-hydrogen) atoms. The molecule has 0 aliphatic carbocycles. The first-order valence-corrected chi connectivity index (χ1v) is 7.03. The van der Waals surface area contributed by atoms with E-state index in [1.54, 1.807) is 0 Å². The maximum atomic E-state index is 5.42. The third kappa shape index (κ3) is 2.60. The lowest BCUT2D eigenvalue weighted by atomic mass is 9.99. The van der Waals surface area contributed by atoms with Gasteiger partial charge in [-0.05, 0) is 43.5 Å². The molecule has 4 heteroatoms. The van der Waals surface area contributed by atoms with E-state index in [0.29, 0.717) is 5.82 Å². The van der Waals surface area contributed by atoms with E-state index in [-0.39, 0.29) is 0 Å². The maximum absolute atomic E-state index is 5.42. The van der Waals surface area contributed by atoms with Gasteiger partial charge in [0.25, 0.3) is 0 Å². The number of fused-ring (bicyclic) bond motifs is 1. The molecule has 1 aliphatic rings. The van der Waals surface area contributed by atoms with Crippen LogP contribution in [0.3, 0.4) is 0 Å². The van der Waals surface area contributed by atoms with Crippen LogP contribution in [0.25, 0.3) is 0 Å². The molecule has 0 radical (unpaired) electrons. The van der Waals surface area contributed by atoms with Crippen molar-refractivity contribution in [3.63, 3.8) is 0 Å². The smallest absolute Gasteiger partial charge is 0.140 e. The van der Waals surface area contributed by atoms with Gasteiger partial charge in [0.05, 0.1) is 12.2 Å². The number of hydrazine groups is 1. The molecule has 0 fully saturated rings. The SMILES string of the molecule is Cc1ccc2c(c1)CCCN2Cc1cccc(NN)n1. The van der Waals surface area contributed by atoms with Crippen LogP contribution in [0.2, 0.25) is 0 Å². The summed E-state index contributed by atoms with van der Waals surface area (Å²) in [6, 6.07) is 12.6. The van der Waals surface area contributed by atoms with Gasteiger partial charge in [-0.2, -0.15) is 0 Å². The standard InChI is InChI=1S/C16H20N4/c1-12-7-8-15-13(10-12)4-3-9-20(15)11-14-5-2-6-16(18-14)19-17/h2,5-8,10H,3-4,9,11,17H2,1H3,(H,18,19). The summed E-state index contributed by atoms with van der Waals surface area (Å²) in [6.45, 7) is 4.06. The van der Waals surface area contributed by atoms with Crippen molar-refractivity contribution in [1.29, 1.82) is 0 Å². The molecule has 3 rings (SSSR count). The zero-order chi connectivity index (χ0) is 13.9. The van der Waals surface area contributed by atoms with Gasteiger partial charge in [0.15, 0.2) is 0 Å². The van der Waals surface area contributed by atoms with Crippen LogP contribution in [0, 0.1) is 6.92 Å². The van der Waals surface area contributed by atoms with Gasteiger partial charge in [0, 0.05) is 12.2 Å². The molecular weight excluding hydrogens is 248 g/mol. The lowest BCUT2D eigenvalue weighted by Crippen LogP contribution is -2.29. The number of nitrogens with one attached hydrogen (secondary N) is 1. The van der Waals surface area contributed by atoms with Crippen LogP contribution < -0.4 is 16.2 Å². The second-order valence-corrected chi connectivity index (χ2v) is 5.32. The molecule has 1 aliphatic heterocycles. The summed E-state index contributed by atoms with van der Waals surface area (Å²) in [5.41, 5.74) is 7.76. The summed E-state index contributed by atoms with van der Waals surface area (Å²) in [6.07, 6.45) is 2.37. The predicted molar refractivity (Wildman–Crippen MR) is 82.6 cm³/mol. The molecule has 0 unspecified atom stereocenters. The summed E-state index contributed by atoms with van der Waals surface area (Å²) in [7, 11) is 0. The van der Waals surface area contributed by atoms with Crippen LogP contribution in [0.15, 0.2) is 36.4 Å². The highest BCUT2D eigenvalue weighted by Gasteiger charge is 2.17. The number of nitrogen functional groups attached to an aromatic ring is 1.